The molecule has 41 heavy (non-hydrogen) atoms. The highest BCUT2D eigenvalue weighted by Crippen LogP contribution is 2.53. The lowest BCUT2D eigenvalue weighted by Gasteiger charge is -2.42. The maximum atomic E-state index is 13.8. The molecule has 4 N–H and O–H groups in total. The third-order valence-corrected chi connectivity index (χ3v) is 8.67. The fourth-order valence-corrected chi connectivity index (χ4v) is 6.77. The summed E-state index contributed by atoms with van der Waals surface area (Å²) in [7, 11) is 1.36. The van der Waals surface area contributed by atoms with Crippen LogP contribution in [0.3, 0.4) is 0 Å². The number of carbonyl (C=O) groups excluding carboxylic acids is 3. The van der Waals surface area contributed by atoms with Gasteiger partial charge in [-0.15, -0.1) is 0 Å². The molecule has 6 rings (SSSR count). The molecule has 4 aliphatic rings. The number of benzene rings is 2. The van der Waals surface area contributed by atoms with E-state index >= 15 is 0 Å². The number of Topliss-reactive ketones (excluding diaryl/α,β-unsaturated/α-hetero) is 1. The summed E-state index contributed by atoms with van der Waals surface area (Å²) < 4.78 is 23.4. The highest BCUT2D eigenvalue weighted by Gasteiger charge is 2.51. The summed E-state index contributed by atoms with van der Waals surface area (Å²) in [5.74, 6) is -3.38. The van der Waals surface area contributed by atoms with Crippen molar-refractivity contribution >= 4 is 17.3 Å². The molecule has 2 saturated heterocycles. The molecule has 2 aromatic carbocycles. The average molecular weight is 568 g/mol. The number of ketones is 3. The number of aliphatic hydroxyl groups is 1. The summed E-state index contributed by atoms with van der Waals surface area (Å²) in [6.45, 7) is 5.52. The van der Waals surface area contributed by atoms with Gasteiger partial charge in [0, 0.05) is 47.9 Å². The Morgan fingerprint density at radius 1 is 1.12 bits per heavy atom. The Morgan fingerprint density at radius 2 is 1.85 bits per heavy atom. The summed E-state index contributed by atoms with van der Waals surface area (Å²) in [6, 6.07) is 4.46. The molecule has 2 aliphatic heterocycles. The van der Waals surface area contributed by atoms with Gasteiger partial charge in [-0.05, 0) is 13.0 Å². The second kappa shape index (κ2) is 9.88. The van der Waals surface area contributed by atoms with E-state index in [2.05, 4.69) is 5.32 Å². The molecule has 2 heterocycles. The lowest BCUT2D eigenvalue weighted by molar-refractivity contribution is -0.244. The Morgan fingerprint density at radius 3 is 2.56 bits per heavy atom. The van der Waals surface area contributed by atoms with Crippen LogP contribution in [0.2, 0.25) is 0 Å². The first-order valence-corrected chi connectivity index (χ1v) is 13.8. The Hall–Kier alpha value is -3.35. The normalized spacial score (nSPS) is 30.4. The molecule has 218 valence electrons. The Bertz CT molecular complexity index is 1470. The molecule has 2 aromatic rings. The molecule has 2 fully saturated rings. The van der Waals surface area contributed by atoms with Crippen molar-refractivity contribution < 1.29 is 48.7 Å². The van der Waals surface area contributed by atoms with Gasteiger partial charge in [0.2, 0.25) is 5.78 Å². The predicted molar refractivity (Wildman–Crippen MR) is 142 cm³/mol. The molecule has 0 radical (unpaired) electrons. The van der Waals surface area contributed by atoms with Crippen LogP contribution in [-0.4, -0.2) is 76.7 Å². The SMILES string of the molecule is COc1cccc2c1C(=O)c1c(O)c3c(c(O)c1C2=O)CC(O)(C(=O)C(C)C)CC3OC1CC2NCOC2C(C)O1. The lowest BCUT2D eigenvalue weighted by atomic mass is 9.70. The first kappa shape index (κ1) is 27.8. The largest absolute Gasteiger partial charge is 0.507 e. The van der Waals surface area contributed by atoms with E-state index in [1.807, 2.05) is 6.92 Å². The zero-order valence-electron chi connectivity index (χ0n) is 23.2. The van der Waals surface area contributed by atoms with Gasteiger partial charge in [0.25, 0.3) is 0 Å². The first-order valence-electron chi connectivity index (χ1n) is 13.8. The number of rotatable bonds is 5. The van der Waals surface area contributed by atoms with Gasteiger partial charge in [0.15, 0.2) is 17.9 Å². The number of aromatic hydroxyl groups is 2. The summed E-state index contributed by atoms with van der Waals surface area (Å²) in [4.78, 5) is 40.7. The van der Waals surface area contributed by atoms with E-state index in [1.165, 1.54) is 19.2 Å². The van der Waals surface area contributed by atoms with Crippen LogP contribution in [-0.2, 0) is 25.4 Å². The topological polar surface area (TPSA) is 161 Å². The maximum absolute atomic E-state index is 13.8. The van der Waals surface area contributed by atoms with Crippen molar-refractivity contribution in [3.8, 4) is 17.2 Å². The molecular weight excluding hydrogens is 534 g/mol. The number of phenols is 2. The van der Waals surface area contributed by atoms with E-state index in [1.54, 1.807) is 19.9 Å². The molecule has 0 saturated carbocycles. The number of hydrogen-bond acceptors (Lipinski definition) is 11. The standard InChI is InChI=1S/C30H33NO10/c1-12(2)29(36)30(37)9-15-21(18(10-30)41-19-8-16-28(13(3)40-19)39-11-31-16)27(35)23-22(25(15)33)24(32)14-6-5-7-17(38-4)20(14)26(23)34/h5-7,12-13,16,18-19,28,31,33,35,37H,8-11H2,1-4H3. The molecule has 0 amide bonds. The van der Waals surface area contributed by atoms with Gasteiger partial charge in [0.05, 0.1) is 42.7 Å². The van der Waals surface area contributed by atoms with Gasteiger partial charge in [-0.3, -0.25) is 19.7 Å². The molecule has 0 aromatic heterocycles. The smallest absolute Gasteiger partial charge is 0.202 e. The summed E-state index contributed by atoms with van der Waals surface area (Å²) >= 11 is 0. The number of methoxy groups -OCH3 is 1. The molecular formula is C30H33NO10. The fourth-order valence-electron chi connectivity index (χ4n) is 6.77. The molecule has 0 spiro atoms. The summed E-state index contributed by atoms with van der Waals surface area (Å²) in [5.41, 5.74) is -2.72. The van der Waals surface area contributed by atoms with Crippen molar-refractivity contribution in [2.75, 3.05) is 13.8 Å². The quantitative estimate of drug-likeness (QED) is 0.335. The van der Waals surface area contributed by atoms with Crippen LogP contribution >= 0.6 is 0 Å². The number of fused-ring (bicyclic) bond motifs is 4. The van der Waals surface area contributed by atoms with Crippen molar-refractivity contribution in [1.29, 1.82) is 0 Å². The second-order valence-electron chi connectivity index (χ2n) is 11.5. The average Bonchev–Trinajstić information content (AvgIpc) is 3.41. The van der Waals surface area contributed by atoms with Crippen molar-refractivity contribution in [2.45, 2.75) is 76.3 Å². The van der Waals surface area contributed by atoms with Crippen molar-refractivity contribution in [3.63, 3.8) is 0 Å². The Kier molecular flexibility index (Phi) is 6.70. The zero-order chi connectivity index (χ0) is 29.4. The number of ether oxygens (including phenoxy) is 4. The second-order valence-corrected chi connectivity index (χ2v) is 11.5. The highest BCUT2D eigenvalue weighted by atomic mass is 16.7. The maximum Gasteiger partial charge on any atom is 0.202 e. The highest BCUT2D eigenvalue weighted by molar-refractivity contribution is 6.31. The van der Waals surface area contributed by atoms with Crippen LogP contribution in [0.15, 0.2) is 18.2 Å². The Labute approximate surface area is 236 Å². The monoisotopic (exact) mass is 567 g/mol. The Balaban J connectivity index is 1.50. The molecule has 0 bridgehead atoms. The van der Waals surface area contributed by atoms with Gasteiger partial charge in [0.1, 0.15) is 29.0 Å². The van der Waals surface area contributed by atoms with E-state index in [4.69, 9.17) is 18.9 Å². The molecule has 6 unspecified atom stereocenters. The van der Waals surface area contributed by atoms with Crippen LogP contribution in [0.1, 0.15) is 82.7 Å². The third-order valence-electron chi connectivity index (χ3n) is 8.67. The van der Waals surface area contributed by atoms with Crippen molar-refractivity contribution in [3.05, 3.63) is 51.6 Å². The molecule has 6 atom stereocenters. The van der Waals surface area contributed by atoms with E-state index in [-0.39, 0.29) is 70.2 Å². The molecule has 11 nitrogen and oxygen atoms in total. The van der Waals surface area contributed by atoms with Gasteiger partial charge in [-0.1, -0.05) is 26.0 Å². The van der Waals surface area contributed by atoms with Crippen molar-refractivity contribution in [1.82, 2.24) is 5.32 Å². The summed E-state index contributed by atoms with van der Waals surface area (Å²) in [5, 5.41) is 38.1. The van der Waals surface area contributed by atoms with Gasteiger partial charge >= 0.3 is 0 Å². The number of carbonyl (C=O) groups is 3. The first-order chi connectivity index (χ1) is 19.5. The number of nitrogens with one attached hydrogen (secondary N) is 1. The minimum atomic E-state index is -1.97. The van der Waals surface area contributed by atoms with Gasteiger partial charge in [-0.2, -0.15) is 0 Å². The zero-order valence-corrected chi connectivity index (χ0v) is 23.2. The van der Waals surface area contributed by atoms with Gasteiger partial charge in [-0.25, -0.2) is 0 Å². The summed E-state index contributed by atoms with van der Waals surface area (Å²) in [6.07, 6.45) is -2.71. The van der Waals surface area contributed by atoms with E-state index in [9.17, 15) is 29.7 Å². The van der Waals surface area contributed by atoms with Crippen LogP contribution in [0.25, 0.3) is 0 Å². The molecule has 11 heteroatoms. The van der Waals surface area contributed by atoms with Crippen LogP contribution < -0.4 is 10.1 Å². The molecule has 2 aliphatic carbocycles. The van der Waals surface area contributed by atoms with E-state index < -0.39 is 52.8 Å². The van der Waals surface area contributed by atoms with E-state index in [0.29, 0.717) is 13.2 Å². The van der Waals surface area contributed by atoms with E-state index in [0.717, 1.165) is 0 Å². The number of phenolic OH excluding ortho intramolecular Hbond substituents is 2. The third kappa shape index (κ3) is 4.18. The lowest BCUT2D eigenvalue weighted by Crippen LogP contribution is -2.51. The van der Waals surface area contributed by atoms with Crippen molar-refractivity contribution in [2.24, 2.45) is 5.92 Å². The van der Waals surface area contributed by atoms with Crippen LogP contribution in [0, 0.1) is 5.92 Å². The van der Waals surface area contributed by atoms with Crippen LogP contribution in [0.4, 0.5) is 0 Å². The van der Waals surface area contributed by atoms with Crippen LogP contribution in [0.5, 0.6) is 17.2 Å². The minimum absolute atomic E-state index is 0.0130. The number of hydrogen-bond donors (Lipinski definition) is 4. The van der Waals surface area contributed by atoms with Gasteiger partial charge < -0.3 is 34.3 Å². The fraction of sp³-hybridized carbons (Fsp3) is 0.500. The minimum Gasteiger partial charge on any atom is -0.507 e. The predicted octanol–water partition coefficient (Wildman–Crippen LogP) is 2.29.